The topological polar surface area (TPSA) is 89.6 Å². The van der Waals surface area contributed by atoms with Crippen molar-refractivity contribution in [1.82, 2.24) is 19.5 Å². The molecule has 16 heavy (non-hydrogen) atoms. The van der Waals surface area contributed by atoms with Crippen LogP contribution in [-0.2, 0) is 13.2 Å². The second-order valence-electron chi connectivity index (χ2n) is 3.12. The van der Waals surface area contributed by atoms with Crippen LogP contribution in [0.1, 0.15) is 5.82 Å². The number of hydrogen-bond acceptors (Lipinski definition) is 4. The van der Waals surface area contributed by atoms with Gasteiger partial charge < -0.3 is 10.3 Å². The molecule has 0 aliphatic rings. The summed E-state index contributed by atoms with van der Waals surface area (Å²) >= 11 is 0. The predicted octanol–water partition coefficient (Wildman–Crippen LogP) is 0.258. The molecule has 2 rings (SSSR count). The molecule has 2 heterocycles. The van der Waals surface area contributed by atoms with Gasteiger partial charge in [0.05, 0.1) is 0 Å². The Morgan fingerprint density at radius 1 is 1.38 bits per heavy atom. The second kappa shape index (κ2) is 2.97. The van der Waals surface area contributed by atoms with Gasteiger partial charge in [-0.25, -0.2) is 4.98 Å². The van der Waals surface area contributed by atoms with E-state index < -0.39 is 17.6 Å². The Labute approximate surface area is 85.9 Å². The van der Waals surface area contributed by atoms with E-state index in [9.17, 15) is 18.0 Å². The summed E-state index contributed by atoms with van der Waals surface area (Å²) in [4.78, 5) is 20.2. The largest absolute Gasteiger partial charge is 0.449 e. The highest BCUT2D eigenvalue weighted by molar-refractivity contribution is 5.71. The quantitative estimate of drug-likeness (QED) is 0.682. The van der Waals surface area contributed by atoms with Gasteiger partial charge in [0.15, 0.2) is 11.2 Å². The van der Waals surface area contributed by atoms with E-state index in [1.165, 1.54) is 0 Å². The van der Waals surface area contributed by atoms with E-state index in [4.69, 9.17) is 5.73 Å². The summed E-state index contributed by atoms with van der Waals surface area (Å²) in [6.45, 7) is 0. The number of aromatic nitrogens is 4. The van der Waals surface area contributed by atoms with Crippen LogP contribution in [0, 0.1) is 0 Å². The molecule has 86 valence electrons. The van der Waals surface area contributed by atoms with E-state index in [1.54, 1.807) is 0 Å². The van der Waals surface area contributed by atoms with E-state index in [1.807, 2.05) is 0 Å². The number of nitrogens with one attached hydrogen (secondary N) is 1. The summed E-state index contributed by atoms with van der Waals surface area (Å²) in [5.41, 5.74) is 3.85. The molecule has 0 bridgehead atoms. The van der Waals surface area contributed by atoms with Gasteiger partial charge in [-0.1, -0.05) is 0 Å². The molecule has 0 saturated heterocycles. The number of fused-ring (bicyclic) bond motifs is 1. The van der Waals surface area contributed by atoms with Gasteiger partial charge in [0.1, 0.15) is 0 Å². The molecule has 0 atom stereocenters. The van der Waals surface area contributed by atoms with Gasteiger partial charge in [0, 0.05) is 7.05 Å². The Bertz CT molecular complexity index is 611. The van der Waals surface area contributed by atoms with Gasteiger partial charge >= 0.3 is 6.18 Å². The Hall–Kier alpha value is -2.06. The maximum atomic E-state index is 12.5. The first-order valence-electron chi connectivity index (χ1n) is 4.10. The molecule has 0 aliphatic carbocycles. The molecule has 0 amide bonds. The molecular weight excluding hydrogens is 227 g/mol. The number of H-pyrrole nitrogens is 1. The van der Waals surface area contributed by atoms with Crippen LogP contribution in [0.15, 0.2) is 4.79 Å². The zero-order chi connectivity index (χ0) is 12.1. The molecular formula is C7H6F3N5O. The average Bonchev–Trinajstić information content (AvgIpc) is 2.41. The number of halogens is 3. The number of aromatic amines is 1. The fourth-order valence-electron chi connectivity index (χ4n) is 1.39. The Balaban J connectivity index is 2.89. The number of imidazole rings is 1. The Morgan fingerprint density at radius 2 is 2.00 bits per heavy atom. The number of nitrogen functional groups attached to an aromatic ring is 1. The van der Waals surface area contributed by atoms with Crippen molar-refractivity contribution in [1.29, 1.82) is 0 Å². The molecule has 0 spiro atoms. The van der Waals surface area contributed by atoms with Crippen LogP contribution in [0.5, 0.6) is 0 Å². The van der Waals surface area contributed by atoms with Crippen LogP contribution in [0.3, 0.4) is 0 Å². The van der Waals surface area contributed by atoms with Gasteiger partial charge in [0.2, 0.25) is 11.8 Å². The first kappa shape index (κ1) is 10.5. The van der Waals surface area contributed by atoms with Crippen LogP contribution in [0.2, 0.25) is 0 Å². The molecule has 0 aromatic carbocycles. The third-order valence-electron chi connectivity index (χ3n) is 2.01. The zero-order valence-electron chi connectivity index (χ0n) is 7.96. The highest BCUT2D eigenvalue weighted by Gasteiger charge is 2.37. The van der Waals surface area contributed by atoms with E-state index >= 15 is 0 Å². The van der Waals surface area contributed by atoms with Crippen LogP contribution >= 0.6 is 0 Å². The summed E-state index contributed by atoms with van der Waals surface area (Å²) in [6, 6.07) is 0. The number of hydrogen-bond donors (Lipinski definition) is 2. The summed E-state index contributed by atoms with van der Waals surface area (Å²) in [5, 5.41) is 0. The highest BCUT2D eigenvalue weighted by Crippen LogP contribution is 2.29. The molecule has 9 heteroatoms. The standard InChI is InChI=1S/C7H6F3N5O/c1-15-2-3(12-5(15)7(8,9)10)13-6(11)14-4(2)16/h1H3,(H3,11,13,14,16). The van der Waals surface area contributed by atoms with Crippen molar-refractivity contribution in [3.63, 3.8) is 0 Å². The number of aryl methyl sites for hydroxylation is 1. The molecule has 0 fully saturated rings. The molecule has 0 saturated carbocycles. The number of nitrogens with zero attached hydrogens (tertiary/aromatic N) is 3. The maximum Gasteiger partial charge on any atom is 0.449 e. The fourth-order valence-corrected chi connectivity index (χ4v) is 1.39. The minimum absolute atomic E-state index is 0.262. The third kappa shape index (κ3) is 1.40. The summed E-state index contributed by atoms with van der Waals surface area (Å²) in [7, 11) is 1.09. The molecule has 6 nitrogen and oxygen atoms in total. The highest BCUT2D eigenvalue weighted by atomic mass is 19.4. The number of rotatable bonds is 0. The van der Waals surface area contributed by atoms with Crippen LogP contribution in [0.4, 0.5) is 19.1 Å². The SMILES string of the molecule is Cn1c(C(F)(F)F)nc2nc(N)[nH]c(=O)c21. The lowest BCUT2D eigenvalue weighted by atomic mass is 10.5. The zero-order valence-corrected chi connectivity index (χ0v) is 7.96. The first-order valence-corrected chi connectivity index (χ1v) is 4.10. The Morgan fingerprint density at radius 3 is 2.56 bits per heavy atom. The lowest BCUT2D eigenvalue weighted by Crippen LogP contribution is -2.16. The van der Waals surface area contributed by atoms with E-state index in [0.717, 1.165) is 7.05 Å². The van der Waals surface area contributed by atoms with Gasteiger partial charge in [-0.05, 0) is 0 Å². The smallest absolute Gasteiger partial charge is 0.369 e. The minimum Gasteiger partial charge on any atom is -0.369 e. The molecule has 2 aromatic heterocycles. The lowest BCUT2D eigenvalue weighted by Gasteiger charge is -2.04. The maximum absolute atomic E-state index is 12.5. The number of nitrogens with two attached hydrogens (primary N) is 1. The van der Waals surface area contributed by atoms with Crippen molar-refractivity contribution in [2.24, 2.45) is 7.05 Å². The van der Waals surface area contributed by atoms with Gasteiger partial charge in [-0.3, -0.25) is 9.78 Å². The third-order valence-corrected chi connectivity index (χ3v) is 2.01. The number of anilines is 1. The van der Waals surface area contributed by atoms with Crippen LogP contribution in [0.25, 0.3) is 11.2 Å². The van der Waals surface area contributed by atoms with Gasteiger partial charge in [0.25, 0.3) is 5.56 Å². The summed E-state index contributed by atoms with van der Waals surface area (Å²) < 4.78 is 38.0. The minimum atomic E-state index is -4.64. The van der Waals surface area contributed by atoms with Crippen molar-refractivity contribution in [2.45, 2.75) is 6.18 Å². The van der Waals surface area contributed by atoms with Crippen molar-refractivity contribution >= 4 is 17.1 Å². The van der Waals surface area contributed by atoms with Gasteiger partial charge in [-0.2, -0.15) is 18.2 Å². The molecule has 2 aromatic rings. The van der Waals surface area contributed by atoms with Crippen molar-refractivity contribution in [3.05, 3.63) is 16.2 Å². The fraction of sp³-hybridized carbons (Fsp3) is 0.286. The van der Waals surface area contributed by atoms with E-state index in [-0.39, 0.29) is 17.1 Å². The van der Waals surface area contributed by atoms with Crippen molar-refractivity contribution in [2.75, 3.05) is 5.73 Å². The Kier molecular flexibility index (Phi) is 1.94. The first-order chi connectivity index (χ1) is 7.30. The lowest BCUT2D eigenvalue weighted by molar-refractivity contribution is -0.146. The summed E-state index contributed by atoms with van der Waals surface area (Å²) in [6.07, 6.45) is -4.64. The van der Waals surface area contributed by atoms with Gasteiger partial charge in [-0.15, -0.1) is 0 Å². The monoisotopic (exact) mass is 233 g/mol. The molecule has 0 unspecified atom stereocenters. The van der Waals surface area contributed by atoms with Crippen LogP contribution in [-0.4, -0.2) is 19.5 Å². The molecule has 0 aliphatic heterocycles. The van der Waals surface area contributed by atoms with Crippen molar-refractivity contribution in [3.8, 4) is 0 Å². The van der Waals surface area contributed by atoms with E-state index in [0.29, 0.717) is 4.57 Å². The molecule has 0 radical (unpaired) electrons. The molecule has 3 N–H and O–H groups in total. The second-order valence-corrected chi connectivity index (χ2v) is 3.12. The average molecular weight is 233 g/mol. The van der Waals surface area contributed by atoms with E-state index in [2.05, 4.69) is 15.0 Å². The normalized spacial score (nSPS) is 12.2. The predicted molar refractivity (Wildman–Crippen MR) is 48.5 cm³/mol. The van der Waals surface area contributed by atoms with Crippen molar-refractivity contribution < 1.29 is 13.2 Å². The number of alkyl halides is 3. The summed E-state index contributed by atoms with van der Waals surface area (Å²) in [5.74, 6) is -1.46. The van der Waals surface area contributed by atoms with Crippen LogP contribution < -0.4 is 11.3 Å².